The van der Waals surface area contributed by atoms with Crippen LogP contribution in [0.25, 0.3) is 22.5 Å². The summed E-state index contributed by atoms with van der Waals surface area (Å²) in [6, 6.07) is 21.6. The number of aliphatic carboxylic acids is 1. The van der Waals surface area contributed by atoms with Crippen molar-refractivity contribution in [3.63, 3.8) is 0 Å². The molecule has 214 valence electrons. The zero-order chi connectivity index (χ0) is 29.5. The molecule has 0 aliphatic heterocycles. The van der Waals surface area contributed by atoms with Gasteiger partial charge in [-0.25, -0.2) is 9.59 Å². The second-order valence-electron chi connectivity index (χ2n) is 9.96. The molecule has 4 aromatic rings. The number of unbranched alkanes of at least 4 members (excludes halogenated alkanes) is 1. The predicted molar refractivity (Wildman–Crippen MR) is 154 cm³/mol. The van der Waals surface area contributed by atoms with Crippen molar-refractivity contribution in [2.24, 2.45) is 0 Å². The van der Waals surface area contributed by atoms with Gasteiger partial charge < -0.3 is 20.5 Å². The molecule has 0 fully saturated rings. The van der Waals surface area contributed by atoms with E-state index >= 15 is 0 Å². The Morgan fingerprint density at radius 2 is 1.48 bits per heavy atom. The van der Waals surface area contributed by atoms with Gasteiger partial charge in [0.25, 0.3) is 5.91 Å². The third-order valence-corrected chi connectivity index (χ3v) is 7.12. The highest BCUT2D eigenvalue weighted by Gasteiger charge is 2.29. The number of fused-ring (bicyclic) bond motifs is 3. The van der Waals surface area contributed by atoms with Crippen molar-refractivity contribution in [2.75, 3.05) is 13.2 Å². The second-order valence-corrected chi connectivity index (χ2v) is 9.96. The molecule has 0 bridgehead atoms. The molecule has 0 saturated heterocycles. The molecule has 1 heterocycles. The molecule has 1 aromatic heterocycles. The van der Waals surface area contributed by atoms with Gasteiger partial charge in [-0.15, -0.1) is 20.4 Å². The maximum absolute atomic E-state index is 12.5. The summed E-state index contributed by atoms with van der Waals surface area (Å²) in [6.07, 6.45) is 0.436. The summed E-state index contributed by atoms with van der Waals surface area (Å²) in [7, 11) is 0. The van der Waals surface area contributed by atoms with Crippen molar-refractivity contribution in [1.82, 2.24) is 31.0 Å². The SMILES string of the molecule is Cc1nnc(-c2ccc(C(=O)NCCCCC(NC(=O)OCC3c4ccccc4-c4ccccc43)C(=O)O)cc2)nn1. The average molecular weight is 567 g/mol. The van der Waals surface area contributed by atoms with E-state index < -0.39 is 18.1 Å². The van der Waals surface area contributed by atoms with E-state index in [9.17, 15) is 19.5 Å². The number of benzene rings is 3. The lowest BCUT2D eigenvalue weighted by atomic mass is 9.98. The summed E-state index contributed by atoms with van der Waals surface area (Å²) in [4.78, 5) is 36.8. The van der Waals surface area contributed by atoms with Gasteiger partial charge in [0.05, 0.1) is 0 Å². The Morgan fingerprint density at radius 3 is 2.10 bits per heavy atom. The monoisotopic (exact) mass is 566 g/mol. The summed E-state index contributed by atoms with van der Waals surface area (Å²) >= 11 is 0. The van der Waals surface area contributed by atoms with Gasteiger partial charge in [-0.2, -0.15) is 0 Å². The molecule has 3 N–H and O–H groups in total. The van der Waals surface area contributed by atoms with Crippen molar-refractivity contribution in [1.29, 1.82) is 0 Å². The highest BCUT2D eigenvalue weighted by Crippen LogP contribution is 2.44. The average Bonchev–Trinajstić information content (AvgIpc) is 3.33. The number of amides is 2. The Morgan fingerprint density at radius 1 is 0.857 bits per heavy atom. The molecule has 1 atom stereocenters. The van der Waals surface area contributed by atoms with Crippen molar-refractivity contribution >= 4 is 18.0 Å². The summed E-state index contributed by atoms with van der Waals surface area (Å²) in [6.45, 7) is 2.15. The number of nitrogens with one attached hydrogen (secondary N) is 2. The number of carbonyl (C=O) groups is 3. The number of nitrogens with zero attached hydrogens (tertiary/aromatic N) is 4. The van der Waals surface area contributed by atoms with Crippen molar-refractivity contribution in [3.05, 3.63) is 95.3 Å². The van der Waals surface area contributed by atoms with E-state index in [1.807, 2.05) is 48.5 Å². The molecule has 2 amide bonds. The lowest BCUT2D eigenvalue weighted by molar-refractivity contribution is -0.139. The Kier molecular flexibility index (Phi) is 8.76. The molecular weight excluding hydrogens is 536 g/mol. The molecule has 3 aromatic carbocycles. The van der Waals surface area contributed by atoms with E-state index in [0.29, 0.717) is 42.2 Å². The molecule has 11 heteroatoms. The van der Waals surface area contributed by atoms with Crippen LogP contribution >= 0.6 is 0 Å². The minimum atomic E-state index is -1.14. The zero-order valence-corrected chi connectivity index (χ0v) is 23.0. The largest absolute Gasteiger partial charge is 0.480 e. The van der Waals surface area contributed by atoms with Gasteiger partial charge in [-0.3, -0.25) is 4.79 Å². The third-order valence-electron chi connectivity index (χ3n) is 7.12. The number of hydrogen-bond acceptors (Lipinski definition) is 8. The van der Waals surface area contributed by atoms with Crippen LogP contribution in [0.15, 0.2) is 72.8 Å². The number of ether oxygens (including phenoxy) is 1. The van der Waals surface area contributed by atoms with E-state index in [-0.39, 0.29) is 24.9 Å². The quantitative estimate of drug-likeness (QED) is 0.227. The first-order valence-electron chi connectivity index (χ1n) is 13.7. The van der Waals surface area contributed by atoms with Gasteiger partial charge in [0.15, 0.2) is 5.82 Å². The molecule has 0 saturated carbocycles. The second kappa shape index (κ2) is 13.0. The zero-order valence-electron chi connectivity index (χ0n) is 23.0. The van der Waals surface area contributed by atoms with Gasteiger partial charge >= 0.3 is 12.1 Å². The van der Waals surface area contributed by atoms with E-state index in [1.165, 1.54) is 0 Å². The molecule has 11 nitrogen and oxygen atoms in total. The number of rotatable bonds is 11. The molecule has 1 aliphatic carbocycles. The molecule has 42 heavy (non-hydrogen) atoms. The summed E-state index contributed by atoms with van der Waals surface area (Å²) < 4.78 is 5.48. The van der Waals surface area contributed by atoms with Crippen molar-refractivity contribution in [2.45, 2.75) is 38.1 Å². The number of hydrogen-bond donors (Lipinski definition) is 3. The maximum Gasteiger partial charge on any atom is 0.407 e. The predicted octanol–water partition coefficient (Wildman–Crippen LogP) is 4.13. The van der Waals surface area contributed by atoms with Crippen LogP contribution < -0.4 is 10.6 Å². The Labute approximate surface area is 242 Å². The van der Waals surface area contributed by atoms with Crippen molar-refractivity contribution in [3.8, 4) is 22.5 Å². The first-order chi connectivity index (χ1) is 20.4. The molecule has 1 unspecified atom stereocenters. The number of carbonyl (C=O) groups excluding carboxylic acids is 2. The fourth-order valence-corrected chi connectivity index (χ4v) is 4.98. The van der Waals surface area contributed by atoms with Crippen molar-refractivity contribution < 1.29 is 24.2 Å². The Bertz CT molecular complexity index is 1530. The fourth-order valence-electron chi connectivity index (χ4n) is 4.98. The summed E-state index contributed by atoms with van der Waals surface area (Å²) in [5, 5.41) is 30.6. The van der Waals surface area contributed by atoms with E-state index in [0.717, 1.165) is 22.3 Å². The van der Waals surface area contributed by atoms with Crippen LogP contribution in [-0.4, -0.2) is 62.7 Å². The van der Waals surface area contributed by atoms with Crippen LogP contribution in [0.2, 0.25) is 0 Å². The summed E-state index contributed by atoms with van der Waals surface area (Å²) in [5.74, 6) is -0.675. The lowest BCUT2D eigenvalue weighted by Gasteiger charge is -2.17. The number of carboxylic acids is 1. The molecule has 0 spiro atoms. The Balaban J connectivity index is 1.05. The van der Waals surface area contributed by atoms with E-state index in [1.54, 1.807) is 31.2 Å². The molecular formula is C31H30N6O5. The lowest BCUT2D eigenvalue weighted by Crippen LogP contribution is -2.41. The fraction of sp³-hybridized carbons (Fsp3) is 0.258. The third kappa shape index (κ3) is 6.57. The smallest absolute Gasteiger partial charge is 0.407 e. The van der Waals surface area contributed by atoms with Crippen LogP contribution in [-0.2, 0) is 9.53 Å². The highest BCUT2D eigenvalue weighted by molar-refractivity contribution is 5.94. The first kappa shape index (κ1) is 28.3. The Hall–Kier alpha value is -5.19. The van der Waals surface area contributed by atoms with Gasteiger partial charge in [-0.05, 0) is 60.6 Å². The number of aromatic nitrogens is 4. The number of alkyl carbamates (subject to hydrolysis) is 1. The van der Waals surface area contributed by atoms with Crippen LogP contribution in [0.4, 0.5) is 4.79 Å². The van der Waals surface area contributed by atoms with Gasteiger partial charge in [0, 0.05) is 23.6 Å². The number of aryl methyl sites for hydroxylation is 1. The van der Waals surface area contributed by atoms with Crippen LogP contribution in [0.5, 0.6) is 0 Å². The van der Waals surface area contributed by atoms with Gasteiger partial charge in [-0.1, -0.05) is 60.7 Å². The topological polar surface area (TPSA) is 156 Å². The van der Waals surface area contributed by atoms with Gasteiger partial charge in [0.1, 0.15) is 12.6 Å². The number of carboxylic acid groups (broad SMARTS) is 1. The molecule has 0 radical (unpaired) electrons. The molecule has 5 rings (SSSR count). The minimum absolute atomic E-state index is 0.102. The van der Waals surface area contributed by atoms with Crippen LogP contribution in [0.1, 0.15) is 52.5 Å². The van der Waals surface area contributed by atoms with E-state index in [2.05, 4.69) is 31.0 Å². The first-order valence-corrected chi connectivity index (χ1v) is 13.7. The minimum Gasteiger partial charge on any atom is -0.480 e. The van der Waals surface area contributed by atoms with Crippen LogP contribution in [0.3, 0.4) is 0 Å². The van der Waals surface area contributed by atoms with Crippen LogP contribution in [0, 0.1) is 6.92 Å². The van der Waals surface area contributed by atoms with Gasteiger partial charge in [0.2, 0.25) is 5.82 Å². The maximum atomic E-state index is 12.5. The normalized spacial score (nSPS) is 12.6. The molecule has 1 aliphatic rings. The summed E-state index contributed by atoms with van der Waals surface area (Å²) in [5.41, 5.74) is 5.54. The highest BCUT2D eigenvalue weighted by atomic mass is 16.5. The standard InChI is InChI=1S/C31H30N6O5/c1-19-34-36-28(37-35-19)20-13-15-21(16-14-20)29(38)32-17-7-6-12-27(30(39)40)33-31(41)42-18-26-24-10-4-2-8-22(24)23-9-3-5-11-25(23)26/h2-5,8-11,13-16,26-27H,6-7,12,17-18H2,1H3,(H,32,38)(H,33,41)(H,39,40). The van der Waals surface area contributed by atoms with E-state index in [4.69, 9.17) is 4.74 Å².